The van der Waals surface area contributed by atoms with Gasteiger partial charge in [-0.05, 0) is 54.0 Å². The Morgan fingerprint density at radius 2 is 1.69 bits per heavy atom. The van der Waals surface area contributed by atoms with Gasteiger partial charge in [0.1, 0.15) is 5.69 Å². The van der Waals surface area contributed by atoms with Crippen LogP contribution in [0.15, 0.2) is 58.1 Å². The molecule has 2 aromatic carbocycles. The maximum atomic E-state index is 13.0. The summed E-state index contributed by atoms with van der Waals surface area (Å²) in [5, 5.41) is 11.9. The molecule has 0 unspecified atom stereocenters. The van der Waals surface area contributed by atoms with Crippen molar-refractivity contribution >= 4 is 21.6 Å². The molecule has 0 atom stereocenters. The Morgan fingerprint density at radius 3 is 2.34 bits per heavy atom. The van der Waals surface area contributed by atoms with E-state index in [0.717, 1.165) is 11.7 Å². The normalized spacial score (nSPS) is 11.9. The first kappa shape index (κ1) is 18.9. The molecule has 0 bridgehead atoms. The number of alkyl halides is 3. The summed E-state index contributed by atoms with van der Waals surface area (Å²) in [5.74, 6) is -0.159. The third kappa shape index (κ3) is 3.21. The first-order chi connectivity index (χ1) is 13.7. The van der Waals surface area contributed by atoms with Crippen molar-refractivity contribution in [2.45, 2.75) is 6.18 Å². The van der Waals surface area contributed by atoms with E-state index in [2.05, 4.69) is 4.37 Å². The van der Waals surface area contributed by atoms with Crippen LogP contribution in [0.1, 0.15) is 5.69 Å². The van der Waals surface area contributed by atoms with Gasteiger partial charge in [0.2, 0.25) is 0 Å². The van der Waals surface area contributed by atoms with Gasteiger partial charge in [0.25, 0.3) is 5.56 Å². The smallest absolute Gasteiger partial charge is 0.292 e. The molecule has 147 valence electrons. The Kier molecular flexibility index (Phi) is 4.30. The molecule has 0 fully saturated rings. The van der Waals surface area contributed by atoms with Crippen LogP contribution in [0.3, 0.4) is 0 Å². The van der Waals surface area contributed by atoms with Gasteiger partial charge >= 0.3 is 11.9 Å². The number of benzene rings is 2. The van der Waals surface area contributed by atoms with E-state index in [-0.39, 0.29) is 11.4 Å². The summed E-state index contributed by atoms with van der Waals surface area (Å²) in [4.78, 5) is 24.8. The first-order valence-electron chi connectivity index (χ1n) is 8.24. The average Bonchev–Trinajstić information content (AvgIpc) is 3.08. The minimum atomic E-state index is -4.83. The van der Waals surface area contributed by atoms with Crippen LogP contribution in [0.25, 0.3) is 27.0 Å². The van der Waals surface area contributed by atoms with Gasteiger partial charge in [0.05, 0.1) is 16.1 Å². The van der Waals surface area contributed by atoms with E-state index in [1.165, 1.54) is 35.8 Å². The van der Waals surface area contributed by atoms with Crippen molar-refractivity contribution in [2.24, 2.45) is 7.05 Å². The molecule has 0 aliphatic heterocycles. The predicted molar refractivity (Wildman–Crippen MR) is 101 cm³/mol. The highest BCUT2D eigenvalue weighted by Crippen LogP contribution is 2.33. The summed E-state index contributed by atoms with van der Waals surface area (Å²) >= 11 is 1.19. The molecule has 10 heteroatoms. The summed E-state index contributed by atoms with van der Waals surface area (Å²) in [5.41, 5.74) is -2.17. The summed E-state index contributed by atoms with van der Waals surface area (Å²) in [6, 6.07) is 11.0. The second-order valence-corrected chi connectivity index (χ2v) is 7.08. The lowest BCUT2D eigenvalue weighted by molar-refractivity contribution is -0.144. The van der Waals surface area contributed by atoms with Crippen LogP contribution < -0.4 is 11.2 Å². The molecule has 0 saturated carbocycles. The van der Waals surface area contributed by atoms with Crippen LogP contribution in [0.4, 0.5) is 13.2 Å². The molecule has 4 aromatic rings. The van der Waals surface area contributed by atoms with E-state index in [4.69, 9.17) is 0 Å². The molecule has 0 amide bonds. The van der Waals surface area contributed by atoms with E-state index >= 15 is 0 Å². The van der Waals surface area contributed by atoms with E-state index in [1.54, 1.807) is 18.2 Å². The van der Waals surface area contributed by atoms with Gasteiger partial charge in [-0.2, -0.15) is 17.5 Å². The van der Waals surface area contributed by atoms with Crippen molar-refractivity contribution in [3.63, 3.8) is 0 Å². The number of rotatable bonds is 2. The topological polar surface area (TPSA) is 76.8 Å². The standard InChI is InChI=1S/C19H11F3N3O3S/c1-24-15(19(20,21)22)9-16(27)25(18(24)28)11-4-7-14-13(8-11)17(23-29-14)10-2-5-12(26)6-3-10/h2-9H,1H3. The molecule has 0 aliphatic carbocycles. The van der Waals surface area contributed by atoms with Crippen molar-refractivity contribution in [2.75, 3.05) is 0 Å². The van der Waals surface area contributed by atoms with Gasteiger partial charge < -0.3 is 0 Å². The second kappa shape index (κ2) is 6.59. The Bertz CT molecular complexity index is 1350. The predicted octanol–water partition coefficient (Wildman–Crippen LogP) is 3.98. The number of aromatic nitrogens is 3. The van der Waals surface area contributed by atoms with Gasteiger partial charge in [0.15, 0.2) is 5.75 Å². The van der Waals surface area contributed by atoms with Crippen molar-refractivity contribution in [3.05, 3.63) is 75.1 Å². The fraction of sp³-hybridized carbons (Fsp3) is 0.105. The highest BCUT2D eigenvalue weighted by molar-refractivity contribution is 7.13. The molecule has 4 rings (SSSR count). The Labute approximate surface area is 164 Å². The van der Waals surface area contributed by atoms with Gasteiger partial charge in [-0.1, -0.05) is 0 Å². The average molecular weight is 418 g/mol. The van der Waals surface area contributed by atoms with E-state index in [0.29, 0.717) is 31.8 Å². The molecule has 2 heterocycles. The van der Waals surface area contributed by atoms with Crippen LogP contribution >= 0.6 is 11.5 Å². The summed E-state index contributed by atoms with van der Waals surface area (Å²) < 4.78 is 45.3. The zero-order valence-electron chi connectivity index (χ0n) is 14.7. The number of hydrogen-bond donors (Lipinski definition) is 0. The van der Waals surface area contributed by atoms with Gasteiger partial charge in [-0.25, -0.2) is 9.36 Å². The first-order valence-corrected chi connectivity index (χ1v) is 9.02. The molecule has 0 N–H and O–H groups in total. The molecule has 2 aromatic heterocycles. The fourth-order valence-corrected chi connectivity index (χ4v) is 3.80. The largest absolute Gasteiger partial charge is 0.431 e. The summed E-state index contributed by atoms with van der Waals surface area (Å²) in [7, 11) is 0.960. The van der Waals surface area contributed by atoms with Gasteiger partial charge in [-0.3, -0.25) is 14.5 Å². The molecule has 0 saturated heterocycles. The lowest BCUT2D eigenvalue weighted by atomic mass is 10.1. The molecular formula is C19H11F3N3O3S. The fourth-order valence-electron chi connectivity index (χ4n) is 3.02. The Hall–Kier alpha value is -3.40. The van der Waals surface area contributed by atoms with E-state index in [9.17, 15) is 27.9 Å². The molecule has 0 aliphatic rings. The van der Waals surface area contributed by atoms with Crippen LogP contribution in [0.5, 0.6) is 5.75 Å². The Morgan fingerprint density at radius 1 is 1.00 bits per heavy atom. The third-order valence-electron chi connectivity index (χ3n) is 4.45. The van der Waals surface area contributed by atoms with Gasteiger partial charge in [0, 0.05) is 24.1 Å². The number of halogens is 3. The molecular weight excluding hydrogens is 407 g/mol. The van der Waals surface area contributed by atoms with Crippen molar-refractivity contribution in [1.29, 1.82) is 0 Å². The quantitative estimate of drug-likeness (QED) is 0.494. The zero-order chi connectivity index (χ0) is 20.9. The monoisotopic (exact) mass is 418 g/mol. The van der Waals surface area contributed by atoms with Crippen LogP contribution in [-0.4, -0.2) is 13.5 Å². The maximum absolute atomic E-state index is 13.0. The van der Waals surface area contributed by atoms with E-state index in [1.807, 2.05) is 0 Å². The molecule has 29 heavy (non-hydrogen) atoms. The van der Waals surface area contributed by atoms with Crippen molar-refractivity contribution in [3.8, 4) is 22.7 Å². The van der Waals surface area contributed by atoms with Gasteiger partial charge in [-0.15, -0.1) is 0 Å². The minimum absolute atomic E-state index is 0.124. The summed E-state index contributed by atoms with van der Waals surface area (Å²) in [6.45, 7) is 0. The zero-order valence-corrected chi connectivity index (χ0v) is 15.5. The summed E-state index contributed by atoms with van der Waals surface area (Å²) in [6.07, 6.45) is -4.83. The number of hydrogen-bond acceptors (Lipinski definition) is 4. The molecule has 0 spiro atoms. The molecule has 6 nitrogen and oxygen atoms in total. The minimum Gasteiger partial charge on any atom is -0.292 e. The maximum Gasteiger partial charge on any atom is 0.431 e. The number of nitrogens with zero attached hydrogens (tertiary/aromatic N) is 3. The Balaban J connectivity index is 1.93. The number of fused-ring (bicyclic) bond motifs is 1. The second-order valence-electron chi connectivity index (χ2n) is 6.28. The van der Waals surface area contributed by atoms with Crippen molar-refractivity contribution in [1.82, 2.24) is 13.5 Å². The van der Waals surface area contributed by atoms with E-state index < -0.39 is 23.1 Å². The van der Waals surface area contributed by atoms with Crippen LogP contribution in [0, 0.1) is 0 Å². The third-order valence-corrected chi connectivity index (χ3v) is 5.28. The molecule has 1 radical (unpaired) electrons. The highest BCUT2D eigenvalue weighted by Gasteiger charge is 2.35. The van der Waals surface area contributed by atoms with Crippen LogP contribution in [0.2, 0.25) is 0 Å². The van der Waals surface area contributed by atoms with Crippen molar-refractivity contribution < 1.29 is 18.3 Å². The lowest BCUT2D eigenvalue weighted by Gasteiger charge is -2.14. The lowest BCUT2D eigenvalue weighted by Crippen LogP contribution is -2.40. The van der Waals surface area contributed by atoms with Crippen LogP contribution in [-0.2, 0) is 18.3 Å². The highest BCUT2D eigenvalue weighted by atomic mass is 32.1. The SMILES string of the molecule is Cn1c(C(F)(F)F)cc(=O)n(-c2ccc3snc(-c4ccc([O])cc4)c3c2)c1=O.